The zero-order chi connectivity index (χ0) is 17.8. The molecular weight excluding hydrogens is 336 g/mol. The van der Waals surface area contributed by atoms with E-state index in [0.29, 0.717) is 0 Å². The number of carbonyl (C=O) groups is 1. The summed E-state index contributed by atoms with van der Waals surface area (Å²) in [7, 11) is 4.25. The number of hydrogen-bond donors (Lipinski definition) is 1. The minimum atomic E-state index is -0.00958. The highest BCUT2D eigenvalue weighted by atomic mass is 32.1. The molecule has 4 rings (SSSR count). The van der Waals surface area contributed by atoms with Gasteiger partial charge in [0.2, 0.25) is 5.91 Å². The highest BCUT2D eigenvalue weighted by Crippen LogP contribution is 2.43. The fourth-order valence-corrected chi connectivity index (χ4v) is 4.57. The van der Waals surface area contributed by atoms with Crippen molar-refractivity contribution < 1.29 is 9.53 Å². The van der Waals surface area contributed by atoms with E-state index in [-0.39, 0.29) is 30.0 Å². The maximum absolute atomic E-state index is 12.6. The first kappa shape index (κ1) is 19.2. The van der Waals surface area contributed by atoms with E-state index in [4.69, 9.17) is 17.0 Å². The van der Waals surface area contributed by atoms with E-state index < -0.39 is 0 Å². The lowest BCUT2D eigenvalue weighted by molar-refractivity contribution is -0.139. The SMILES string of the molecule is CN1CCN(C(=O)C2C(C=S)[C@@H]3CC[C@H]2O3)CC1.CN1CCNCC1. The third-order valence-corrected chi connectivity index (χ3v) is 6.24. The molecule has 0 aromatic rings. The molecule has 4 heterocycles. The third kappa shape index (κ3) is 4.57. The van der Waals surface area contributed by atoms with Crippen LogP contribution >= 0.6 is 12.2 Å². The molecule has 0 aromatic carbocycles. The second kappa shape index (κ2) is 8.86. The van der Waals surface area contributed by atoms with Gasteiger partial charge < -0.3 is 24.8 Å². The lowest BCUT2D eigenvalue weighted by Crippen LogP contribution is -2.51. The number of ether oxygens (including phenoxy) is 1. The van der Waals surface area contributed by atoms with E-state index in [1.165, 1.54) is 13.1 Å². The van der Waals surface area contributed by atoms with Gasteiger partial charge in [-0.15, -0.1) is 0 Å². The number of nitrogens with one attached hydrogen (secondary N) is 1. The second-order valence-electron chi connectivity index (χ2n) is 7.71. The van der Waals surface area contributed by atoms with Crippen molar-refractivity contribution >= 4 is 23.5 Å². The molecule has 4 saturated heterocycles. The minimum Gasteiger partial charge on any atom is -0.373 e. The molecule has 4 aliphatic rings. The molecule has 0 spiro atoms. The van der Waals surface area contributed by atoms with Crippen LogP contribution in [0.15, 0.2) is 0 Å². The van der Waals surface area contributed by atoms with Gasteiger partial charge in [0.15, 0.2) is 0 Å². The molecule has 25 heavy (non-hydrogen) atoms. The van der Waals surface area contributed by atoms with E-state index in [2.05, 4.69) is 29.2 Å². The van der Waals surface area contributed by atoms with Gasteiger partial charge >= 0.3 is 0 Å². The van der Waals surface area contributed by atoms with Crippen LogP contribution in [0.5, 0.6) is 0 Å². The van der Waals surface area contributed by atoms with E-state index in [1.54, 1.807) is 5.37 Å². The van der Waals surface area contributed by atoms with Crippen LogP contribution < -0.4 is 5.32 Å². The molecule has 0 saturated carbocycles. The molecular formula is C18H32N4O2S. The zero-order valence-corrected chi connectivity index (χ0v) is 16.3. The van der Waals surface area contributed by atoms with E-state index >= 15 is 0 Å². The van der Waals surface area contributed by atoms with Crippen LogP contribution in [0.25, 0.3) is 0 Å². The Balaban J connectivity index is 0.000000219. The predicted molar refractivity (Wildman–Crippen MR) is 103 cm³/mol. The first-order valence-corrected chi connectivity index (χ1v) is 10.0. The van der Waals surface area contributed by atoms with E-state index in [0.717, 1.165) is 52.1 Å². The number of nitrogens with zero attached hydrogens (tertiary/aromatic N) is 3. The second-order valence-corrected chi connectivity index (χ2v) is 7.98. The quantitative estimate of drug-likeness (QED) is 0.697. The van der Waals surface area contributed by atoms with Gasteiger partial charge in [-0.1, -0.05) is 12.2 Å². The van der Waals surface area contributed by atoms with Crippen molar-refractivity contribution in [2.75, 3.05) is 66.5 Å². The summed E-state index contributed by atoms with van der Waals surface area (Å²) >= 11 is 5.11. The summed E-state index contributed by atoms with van der Waals surface area (Å²) in [5, 5.41) is 5.04. The Morgan fingerprint density at radius 1 is 1.00 bits per heavy atom. The van der Waals surface area contributed by atoms with Gasteiger partial charge in [-0.2, -0.15) is 0 Å². The Morgan fingerprint density at radius 3 is 2.16 bits per heavy atom. The highest BCUT2D eigenvalue weighted by molar-refractivity contribution is 7.79. The van der Waals surface area contributed by atoms with Crippen LogP contribution in [-0.2, 0) is 9.53 Å². The van der Waals surface area contributed by atoms with Gasteiger partial charge in [-0.3, -0.25) is 4.79 Å². The minimum absolute atomic E-state index is 0.00958. The largest absolute Gasteiger partial charge is 0.373 e. The Hall–Kier alpha value is -0.600. The number of piperazine rings is 2. The van der Waals surface area contributed by atoms with Crippen LogP contribution in [0.3, 0.4) is 0 Å². The Labute approximate surface area is 156 Å². The van der Waals surface area contributed by atoms with Crippen molar-refractivity contribution in [3.8, 4) is 0 Å². The summed E-state index contributed by atoms with van der Waals surface area (Å²) in [5.41, 5.74) is 0. The van der Waals surface area contributed by atoms with Gasteiger partial charge in [-0.25, -0.2) is 0 Å². The van der Waals surface area contributed by atoms with Gasteiger partial charge in [-0.05, 0) is 32.3 Å². The fourth-order valence-electron chi connectivity index (χ4n) is 4.23. The van der Waals surface area contributed by atoms with Crippen LogP contribution in [0, 0.1) is 11.8 Å². The van der Waals surface area contributed by atoms with Gasteiger partial charge in [0, 0.05) is 58.3 Å². The molecule has 6 nitrogen and oxygen atoms in total. The molecule has 4 atom stereocenters. The molecule has 0 aliphatic carbocycles. The van der Waals surface area contributed by atoms with Gasteiger partial charge in [0.25, 0.3) is 0 Å². The van der Waals surface area contributed by atoms with E-state index in [1.807, 2.05) is 4.90 Å². The normalized spacial score (nSPS) is 36.0. The molecule has 2 bridgehead atoms. The fraction of sp³-hybridized carbons (Fsp3) is 0.889. The van der Waals surface area contributed by atoms with Crippen molar-refractivity contribution in [3.63, 3.8) is 0 Å². The number of amides is 1. The smallest absolute Gasteiger partial charge is 0.229 e. The summed E-state index contributed by atoms with van der Waals surface area (Å²) in [5.74, 6) is 0.414. The molecule has 1 amide bonds. The molecule has 4 fully saturated rings. The molecule has 142 valence electrons. The Kier molecular flexibility index (Phi) is 6.79. The summed E-state index contributed by atoms with van der Waals surface area (Å²) in [6.45, 7) is 8.36. The molecule has 4 aliphatic heterocycles. The van der Waals surface area contributed by atoms with Crippen molar-refractivity contribution in [2.24, 2.45) is 11.8 Å². The third-order valence-electron chi connectivity index (χ3n) is 5.93. The average molecular weight is 369 g/mol. The Morgan fingerprint density at radius 2 is 1.60 bits per heavy atom. The monoisotopic (exact) mass is 368 g/mol. The average Bonchev–Trinajstić information content (AvgIpc) is 3.24. The van der Waals surface area contributed by atoms with Crippen molar-refractivity contribution in [1.82, 2.24) is 20.0 Å². The van der Waals surface area contributed by atoms with Crippen molar-refractivity contribution in [2.45, 2.75) is 25.0 Å². The maximum Gasteiger partial charge on any atom is 0.229 e. The number of thiocarbonyl (C=S) groups is 1. The highest BCUT2D eigenvalue weighted by Gasteiger charge is 2.52. The molecule has 0 aromatic heterocycles. The predicted octanol–water partition coefficient (Wildman–Crippen LogP) is 0.0751. The molecule has 7 heteroatoms. The molecule has 0 radical (unpaired) electrons. The molecule has 2 unspecified atom stereocenters. The first-order valence-electron chi connectivity index (χ1n) is 9.57. The topological polar surface area (TPSA) is 48.1 Å². The van der Waals surface area contributed by atoms with Crippen molar-refractivity contribution in [3.05, 3.63) is 0 Å². The zero-order valence-electron chi connectivity index (χ0n) is 15.5. The van der Waals surface area contributed by atoms with Crippen LogP contribution in [0.2, 0.25) is 0 Å². The summed E-state index contributed by atoms with van der Waals surface area (Å²) < 4.78 is 5.87. The van der Waals surface area contributed by atoms with Crippen LogP contribution in [0.4, 0.5) is 0 Å². The number of carbonyl (C=O) groups excluding carboxylic acids is 1. The lowest BCUT2D eigenvalue weighted by Gasteiger charge is -2.36. The number of likely N-dealkylation sites (N-methyl/N-ethyl adjacent to an activating group) is 2. The summed E-state index contributed by atoms with van der Waals surface area (Å²) in [4.78, 5) is 19.2. The standard InChI is InChI=1S/C13H20N2O2S.C5H12N2/c1-14-4-6-15(7-5-14)13(16)12-9(8-18)10-2-3-11(12)17-10;1-7-4-2-6-3-5-7/h8-12H,2-7H2,1H3;6H,2-5H2,1H3/t9?,10-,11+,12?;/m0./s1. The maximum atomic E-state index is 12.6. The summed E-state index contributed by atoms with van der Waals surface area (Å²) in [6, 6.07) is 0. The van der Waals surface area contributed by atoms with Crippen LogP contribution in [0.1, 0.15) is 12.8 Å². The van der Waals surface area contributed by atoms with Gasteiger partial charge in [0.05, 0.1) is 18.1 Å². The van der Waals surface area contributed by atoms with Crippen molar-refractivity contribution in [1.29, 1.82) is 0 Å². The lowest BCUT2D eigenvalue weighted by atomic mass is 9.79. The van der Waals surface area contributed by atoms with Gasteiger partial charge in [0.1, 0.15) is 0 Å². The van der Waals surface area contributed by atoms with Crippen LogP contribution in [-0.4, -0.2) is 105 Å². The molecule has 1 N–H and O–H groups in total. The van der Waals surface area contributed by atoms with E-state index in [9.17, 15) is 4.79 Å². The number of fused-ring (bicyclic) bond motifs is 2. The number of rotatable bonds is 2. The first-order chi connectivity index (χ1) is 12.1. The Bertz CT molecular complexity index is 464. The summed E-state index contributed by atoms with van der Waals surface area (Å²) in [6.07, 6.45) is 2.41. The number of hydrogen-bond acceptors (Lipinski definition) is 6.